The number of nitrogens with zero attached hydrogens (tertiary/aromatic N) is 2. The molecule has 2 aliphatic rings. The number of carbonyl (C=O) groups excluding carboxylic acids is 3. The Bertz CT molecular complexity index is 1220. The lowest BCUT2D eigenvalue weighted by Gasteiger charge is -2.31. The van der Waals surface area contributed by atoms with E-state index in [0.717, 1.165) is 24.2 Å². The lowest BCUT2D eigenvalue weighted by molar-refractivity contribution is -0.119. The second kappa shape index (κ2) is 10.1. The first kappa shape index (κ1) is 22.8. The van der Waals surface area contributed by atoms with Gasteiger partial charge in [0, 0.05) is 31.7 Å². The van der Waals surface area contributed by atoms with E-state index >= 15 is 0 Å². The molecule has 178 valence electrons. The Hall–Kier alpha value is -3.97. The second-order valence-corrected chi connectivity index (χ2v) is 8.88. The van der Waals surface area contributed by atoms with Gasteiger partial charge in [0.05, 0.1) is 30.3 Å². The van der Waals surface area contributed by atoms with Gasteiger partial charge in [-0.2, -0.15) is 0 Å². The van der Waals surface area contributed by atoms with E-state index in [2.05, 4.69) is 10.6 Å². The fourth-order valence-corrected chi connectivity index (χ4v) is 4.77. The highest BCUT2D eigenvalue weighted by Crippen LogP contribution is 2.39. The van der Waals surface area contributed by atoms with Crippen LogP contribution >= 0.6 is 0 Å². The minimum absolute atomic E-state index is 0.0745. The van der Waals surface area contributed by atoms with Gasteiger partial charge in [-0.25, -0.2) is 0 Å². The van der Waals surface area contributed by atoms with Gasteiger partial charge in [0.15, 0.2) is 0 Å². The molecule has 0 saturated carbocycles. The first-order valence-corrected chi connectivity index (χ1v) is 11.9. The quantitative estimate of drug-likeness (QED) is 0.615. The van der Waals surface area contributed by atoms with Gasteiger partial charge < -0.3 is 20.4 Å². The molecule has 1 atom stereocenters. The number of anilines is 2. The molecular formula is C28H28N4O3. The van der Waals surface area contributed by atoms with Gasteiger partial charge in [-0.1, -0.05) is 60.7 Å². The minimum Gasteiger partial charge on any atom is -0.336 e. The van der Waals surface area contributed by atoms with Crippen molar-refractivity contribution in [2.24, 2.45) is 0 Å². The molecular weight excluding hydrogens is 440 g/mol. The molecule has 0 radical (unpaired) electrons. The first-order valence-electron chi connectivity index (χ1n) is 11.9. The molecule has 3 aromatic rings. The van der Waals surface area contributed by atoms with Crippen LogP contribution in [0.1, 0.15) is 33.9 Å². The Morgan fingerprint density at radius 1 is 0.886 bits per heavy atom. The fraction of sp³-hybridized carbons (Fsp3) is 0.250. The van der Waals surface area contributed by atoms with E-state index in [1.165, 1.54) is 0 Å². The van der Waals surface area contributed by atoms with Gasteiger partial charge in [-0.15, -0.1) is 0 Å². The lowest BCUT2D eigenvalue weighted by atomic mass is 10.00. The zero-order chi connectivity index (χ0) is 24.2. The number of benzene rings is 3. The van der Waals surface area contributed by atoms with Crippen molar-refractivity contribution in [2.45, 2.75) is 18.9 Å². The molecule has 1 fully saturated rings. The van der Waals surface area contributed by atoms with Crippen LogP contribution in [0.4, 0.5) is 11.4 Å². The van der Waals surface area contributed by atoms with Crippen LogP contribution in [-0.4, -0.2) is 48.8 Å². The SMILES string of the molecule is O=C1CC(c2ccccc2)N(C(=O)Cc2ccccc2)c2ccc(C(=O)N3CCNCC3)cc2N1. The third-order valence-electron chi connectivity index (χ3n) is 6.52. The molecule has 1 unspecified atom stereocenters. The number of hydrogen-bond acceptors (Lipinski definition) is 4. The second-order valence-electron chi connectivity index (χ2n) is 8.88. The predicted octanol–water partition coefficient (Wildman–Crippen LogP) is 3.39. The monoisotopic (exact) mass is 468 g/mol. The van der Waals surface area contributed by atoms with Crippen molar-refractivity contribution >= 4 is 29.1 Å². The first-order chi connectivity index (χ1) is 17.1. The standard InChI is InChI=1S/C28H28N4O3/c33-26-19-25(21-9-5-2-6-10-21)32(27(34)17-20-7-3-1-4-8-20)24-12-11-22(18-23(24)30-26)28(35)31-15-13-29-14-16-31/h1-12,18,25,29H,13-17,19H2,(H,30,33). The minimum atomic E-state index is -0.455. The highest BCUT2D eigenvalue weighted by atomic mass is 16.2. The topological polar surface area (TPSA) is 81.8 Å². The van der Waals surface area contributed by atoms with Gasteiger partial charge in [-0.3, -0.25) is 14.4 Å². The van der Waals surface area contributed by atoms with Crippen molar-refractivity contribution in [3.63, 3.8) is 0 Å². The fourth-order valence-electron chi connectivity index (χ4n) is 4.77. The molecule has 2 N–H and O–H groups in total. The van der Waals surface area contributed by atoms with Crippen molar-refractivity contribution < 1.29 is 14.4 Å². The number of rotatable bonds is 4. The van der Waals surface area contributed by atoms with Crippen molar-refractivity contribution in [1.82, 2.24) is 10.2 Å². The summed E-state index contributed by atoms with van der Waals surface area (Å²) < 4.78 is 0. The number of piperazine rings is 1. The van der Waals surface area contributed by atoms with E-state index in [0.29, 0.717) is 30.0 Å². The van der Waals surface area contributed by atoms with Crippen LogP contribution in [0.2, 0.25) is 0 Å². The number of carbonyl (C=O) groups is 3. The van der Waals surface area contributed by atoms with Crippen molar-refractivity contribution in [3.05, 3.63) is 95.6 Å². The van der Waals surface area contributed by atoms with E-state index in [-0.39, 0.29) is 30.6 Å². The normalized spacial score (nSPS) is 17.8. The summed E-state index contributed by atoms with van der Waals surface area (Å²) in [5.74, 6) is -0.375. The summed E-state index contributed by atoms with van der Waals surface area (Å²) in [6.45, 7) is 2.79. The Labute approximate surface area is 204 Å². The molecule has 35 heavy (non-hydrogen) atoms. The maximum atomic E-state index is 13.7. The largest absolute Gasteiger partial charge is 0.336 e. The van der Waals surface area contributed by atoms with Crippen molar-refractivity contribution in [1.29, 1.82) is 0 Å². The maximum absolute atomic E-state index is 13.7. The summed E-state index contributed by atoms with van der Waals surface area (Å²) in [6, 6.07) is 24.0. The summed E-state index contributed by atoms with van der Waals surface area (Å²) >= 11 is 0. The molecule has 0 spiro atoms. The molecule has 3 amide bonds. The zero-order valence-corrected chi connectivity index (χ0v) is 19.4. The van der Waals surface area contributed by atoms with Crippen molar-refractivity contribution in [3.8, 4) is 0 Å². The van der Waals surface area contributed by atoms with E-state index in [9.17, 15) is 14.4 Å². The van der Waals surface area contributed by atoms with Crippen LogP contribution < -0.4 is 15.5 Å². The Morgan fingerprint density at radius 3 is 2.29 bits per heavy atom. The highest BCUT2D eigenvalue weighted by molar-refractivity contribution is 6.07. The maximum Gasteiger partial charge on any atom is 0.254 e. The Kier molecular flexibility index (Phi) is 6.59. The Balaban J connectivity index is 1.54. The number of fused-ring (bicyclic) bond motifs is 1. The summed E-state index contributed by atoms with van der Waals surface area (Å²) in [5, 5.41) is 6.20. The van der Waals surface area contributed by atoms with Crippen LogP contribution in [0, 0.1) is 0 Å². The third kappa shape index (κ3) is 4.95. The molecule has 2 aliphatic heterocycles. The van der Waals surface area contributed by atoms with Crippen molar-refractivity contribution in [2.75, 3.05) is 36.4 Å². The lowest BCUT2D eigenvalue weighted by Crippen LogP contribution is -2.46. The average molecular weight is 469 g/mol. The molecule has 3 aromatic carbocycles. The average Bonchev–Trinajstić information content (AvgIpc) is 3.05. The van der Waals surface area contributed by atoms with Gasteiger partial charge in [0.1, 0.15) is 0 Å². The summed E-state index contributed by atoms with van der Waals surface area (Å²) in [6.07, 6.45) is 0.333. The molecule has 2 heterocycles. The van der Waals surface area contributed by atoms with E-state index in [4.69, 9.17) is 0 Å². The highest BCUT2D eigenvalue weighted by Gasteiger charge is 2.34. The smallest absolute Gasteiger partial charge is 0.254 e. The van der Waals surface area contributed by atoms with E-state index < -0.39 is 6.04 Å². The number of hydrogen-bond donors (Lipinski definition) is 2. The van der Waals surface area contributed by atoms with E-state index in [1.807, 2.05) is 65.6 Å². The summed E-state index contributed by atoms with van der Waals surface area (Å²) in [5.41, 5.74) is 3.37. The third-order valence-corrected chi connectivity index (χ3v) is 6.52. The molecule has 1 saturated heterocycles. The molecule has 0 aliphatic carbocycles. The van der Waals surface area contributed by atoms with Crippen LogP contribution in [-0.2, 0) is 16.0 Å². The van der Waals surface area contributed by atoms with Gasteiger partial charge >= 0.3 is 0 Å². The van der Waals surface area contributed by atoms with Gasteiger partial charge in [0.25, 0.3) is 5.91 Å². The van der Waals surface area contributed by atoms with Crippen LogP contribution in [0.25, 0.3) is 0 Å². The van der Waals surface area contributed by atoms with Gasteiger partial charge in [-0.05, 0) is 29.3 Å². The molecule has 7 nitrogen and oxygen atoms in total. The van der Waals surface area contributed by atoms with E-state index in [1.54, 1.807) is 23.1 Å². The predicted molar refractivity (Wildman–Crippen MR) is 135 cm³/mol. The van der Waals surface area contributed by atoms with Crippen LogP contribution in [0.5, 0.6) is 0 Å². The summed E-state index contributed by atoms with van der Waals surface area (Å²) in [7, 11) is 0. The molecule has 7 heteroatoms. The molecule has 0 aromatic heterocycles. The molecule has 5 rings (SSSR count). The Morgan fingerprint density at radius 2 is 1.57 bits per heavy atom. The number of nitrogens with one attached hydrogen (secondary N) is 2. The van der Waals surface area contributed by atoms with Crippen LogP contribution in [0.3, 0.4) is 0 Å². The molecule has 0 bridgehead atoms. The number of amides is 3. The van der Waals surface area contributed by atoms with Gasteiger partial charge in [0.2, 0.25) is 11.8 Å². The summed E-state index contributed by atoms with van der Waals surface area (Å²) in [4.78, 5) is 43.4. The zero-order valence-electron chi connectivity index (χ0n) is 19.4. The van der Waals surface area contributed by atoms with Crippen LogP contribution in [0.15, 0.2) is 78.9 Å².